The molecule has 2 aromatic heterocycles. The van der Waals surface area contributed by atoms with Gasteiger partial charge in [0.25, 0.3) is 0 Å². The molecule has 1 atom stereocenters. The summed E-state index contributed by atoms with van der Waals surface area (Å²) in [5, 5.41) is 8.22. The van der Waals surface area contributed by atoms with Crippen LogP contribution >= 0.6 is 11.6 Å². The smallest absolute Gasteiger partial charge is 0.322 e. The van der Waals surface area contributed by atoms with E-state index in [1.165, 1.54) is 10.9 Å². The van der Waals surface area contributed by atoms with E-state index in [1.54, 1.807) is 18.2 Å². The minimum Gasteiger partial charge on any atom is -0.322 e. The second-order valence-corrected chi connectivity index (χ2v) is 6.77. The van der Waals surface area contributed by atoms with E-state index in [0.717, 1.165) is 24.5 Å². The molecule has 1 saturated heterocycles. The molecule has 0 amide bonds. The van der Waals surface area contributed by atoms with Gasteiger partial charge in [-0.1, -0.05) is 28.9 Å². The zero-order valence-corrected chi connectivity index (χ0v) is 14.8. The molecule has 6 nitrogen and oxygen atoms in total. The van der Waals surface area contributed by atoms with Gasteiger partial charge in [-0.3, -0.25) is 4.68 Å². The van der Waals surface area contributed by atoms with Gasteiger partial charge >= 0.3 is 12.2 Å². The van der Waals surface area contributed by atoms with Crippen LogP contribution in [-0.2, 0) is 6.18 Å². The molecule has 142 valence electrons. The molecule has 0 N–H and O–H groups in total. The lowest BCUT2D eigenvalue weighted by Gasteiger charge is -2.31. The monoisotopic (exact) mass is 397 g/mol. The molecule has 27 heavy (non-hydrogen) atoms. The van der Waals surface area contributed by atoms with Crippen molar-refractivity contribution in [2.24, 2.45) is 0 Å². The van der Waals surface area contributed by atoms with E-state index in [9.17, 15) is 13.2 Å². The van der Waals surface area contributed by atoms with E-state index < -0.39 is 11.9 Å². The Morgan fingerprint density at radius 1 is 1.22 bits per heavy atom. The van der Waals surface area contributed by atoms with E-state index in [-0.39, 0.29) is 6.04 Å². The molecule has 0 aliphatic carbocycles. The minimum absolute atomic E-state index is 0.198. The third-order valence-corrected chi connectivity index (χ3v) is 4.67. The van der Waals surface area contributed by atoms with Crippen LogP contribution in [-0.4, -0.2) is 33.0 Å². The first-order valence-corrected chi connectivity index (χ1v) is 8.75. The predicted molar refractivity (Wildman–Crippen MR) is 92.5 cm³/mol. The molecule has 1 fully saturated rings. The molecule has 1 aromatic carbocycles. The van der Waals surface area contributed by atoms with Crippen molar-refractivity contribution in [1.82, 2.24) is 19.9 Å². The number of aromatic nitrogens is 4. The van der Waals surface area contributed by atoms with Crippen LogP contribution in [0.3, 0.4) is 0 Å². The Kier molecular flexibility index (Phi) is 4.55. The summed E-state index contributed by atoms with van der Waals surface area (Å²) >= 11 is 5.98. The summed E-state index contributed by atoms with van der Waals surface area (Å²) in [6.07, 6.45) is -1.58. The van der Waals surface area contributed by atoms with Gasteiger partial charge in [-0.05, 0) is 31.0 Å². The summed E-state index contributed by atoms with van der Waals surface area (Å²) < 4.78 is 45.0. The number of hydrogen-bond acceptors (Lipinski definition) is 5. The number of anilines is 1. The first kappa shape index (κ1) is 17.8. The first-order valence-electron chi connectivity index (χ1n) is 8.37. The standard InChI is InChI=1S/C17H15ClF3N5O/c18-12-4-1-3-11(9-12)15-22-16(27-24-15)25-7-2-5-13(10-25)26-8-6-14(23-26)17(19,20)21/h1,3-4,6,8-9,13H,2,5,7,10H2. The van der Waals surface area contributed by atoms with Gasteiger partial charge in [0.1, 0.15) is 0 Å². The molecule has 0 bridgehead atoms. The fraction of sp³-hybridized carbons (Fsp3) is 0.353. The number of rotatable bonds is 3. The van der Waals surface area contributed by atoms with Gasteiger partial charge < -0.3 is 9.42 Å². The van der Waals surface area contributed by atoms with Crippen LogP contribution in [0.5, 0.6) is 0 Å². The van der Waals surface area contributed by atoms with Crippen LogP contribution in [0.2, 0.25) is 5.02 Å². The van der Waals surface area contributed by atoms with Crippen LogP contribution in [0.1, 0.15) is 24.6 Å². The van der Waals surface area contributed by atoms with Gasteiger partial charge in [-0.25, -0.2) is 0 Å². The Bertz CT molecular complexity index is 939. The fourth-order valence-corrected chi connectivity index (χ4v) is 3.32. The van der Waals surface area contributed by atoms with Crippen molar-refractivity contribution in [3.8, 4) is 11.4 Å². The second-order valence-electron chi connectivity index (χ2n) is 6.33. The highest BCUT2D eigenvalue weighted by Gasteiger charge is 2.35. The molecule has 10 heteroatoms. The first-order chi connectivity index (χ1) is 12.9. The molecule has 0 saturated carbocycles. The Balaban J connectivity index is 1.51. The Morgan fingerprint density at radius 2 is 2.07 bits per heavy atom. The van der Waals surface area contributed by atoms with Gasteiger partial charge in [0.05, 0.1) is 6.04 Å². The summed E-state index contributed by atoms with van der Waals surface area (Å²) in [6.45, 7) is 1.12. The third-order valence-electron chi connectivity index (χ3n) is 4.44. The number of benzene rings is 1. The molecular weight excluding hydrogens is 383 g/mol. The fourth-order valence-electron chi connectivity index (χ4n) is 3.13. The summed E-state index contributed by atoms with van der Waals surface area (Å²) in [5.41, 5.74) is -0.159. The van der Waals surface area contributed by atoms with Crippen molar-refractivity contribution in [2.75, 3.05) is 18.0 Å². The van der Waals surface area contributed by atoms with Crippen molar-refractivity contribution in [3.63, 3.8) is 0 Å². The van der Waals surface area contributed by atoms with Crippen molar-refractivity contribution in [1.29, 1.82) is 0 Å². The van der Waals surface area contributed by atoms with Crippen molar-refractivity contribution < 1.29 is 17.7 Å². The van der Waals surface area contributed by atoms with Crippen LogP contribution in [0.25, 0.3) is 11.4 Å². The van der Waals surface area contributed by atoms with Crippen molar-refractivity contribution >= 4 is 17.6 Å². The van der Waals surface area contributed by atoms with Crippen LogP contribution in [0.4, 0.5) is 19.2 Å². The molecule has 3 heterocycles. The van der Waals surface area contributed by atoms with Crippen LogP contribution in [0, 0.1) is 0 Å². The zero-order chi connectivity index (χ0) is 19.0. The number of piperidine rings is 1. The lowest BCUT2D eigenvalue weighted by Crippen LogP contribution is -2.37. The Hall–Kier alpha value is -2.55. The highest BCUT2D eigenvalue weighted by atomic mass is 35.5. The molecule has 1 aliphatic heterocycles. The van der Waals surface area contributed by atoms with Crippen molar-refractivity contribution in [3.05, 3.63) is 47.2 Å². The maximum absolute atomic E-state index is 12.8. The average Bonchev–Trinajstić information content (AvgIpc) is 3.31. The largest absolute Gasteiger partial charge is 0.435 e. The van der Waals surface area contributed by atoms with Crippen LogP contribution < -0.4 is 4.90 Å². The number of alkyl halides is 3. The zero-order valence-electron chi connectivity index (χ0n) is 14.0. The Labute approximate surface area is 157 Å². The number of hydrogen-bond donors (Lipinski definition) is 0. The molecular formula is C17H15ClF3N5O. The summed E-state index contributed by atoms with van der Waals surface area (Å²) in [5.74, 6) is 0.410. The lowest BCUT2D eigenvalue weighted by atomic mass is 10.1. The second kappa shape index (κ2) is 6.88. The molecule has 4 rings (SSSR count). The van der Waals surface area contributed by atoms with Gasteiger partial charge in [0, 0.05) is 29.9 Å². The molecule has 1 unspecified atom stereocenters. The van der Waals surface area contributed by atoms with Crippen LogP contribution in [0.15, 0.2) is 41.1 Å². The van der Waals surface area contributed by atoms with E-state index in [4.69, 9.17) is 16.1 Å². The van der Waals surface area contributed by atoms with Gasteiger partial charge in [0.2, 0.25) is 5.82 Å². The summed E-state index contributed by atoms with van der Waals surface area (Å²) in [7, 11) is 0. The predicted octanol–water partition coefficient (Wildman–Crippen LogP) is 4.45. The van der Waals surface area contributed by atoms with Gasteiger partial charge in [0.15, 0.2) is 5.69 Å². The molecule has 3 aromatic rings. The summed E-state index contributed by atoms with van der Waals surface area (Å²) in [6, 6.07) is 8.22. The van der Waals surface area contributed by atoms with E-state index in [2.05, 4.69) is 15.2 Å². The third kappa shape index (κ3) is 3.78. The minimum atomic E-state index is -4.45. The quantitative estimate of drug-likeness (QED) is 0.653. The maximum atomic E-state index is 12.8. The average molecular weight is 398 g/mol. The van der Waals surface area contributed by atoms with E-state index in [0.29, 0.717) is 30.0 Å². The topological polar surface area (TPSA) is 60.0 Å². The van der Waals surface area contributed by atoms with Gasteiger partial charge in [-0.2, -0.15) is 23.3 Å². The highest BCUT2D eigenvalue weighted by Crippen LogP contribution is 2.30. The summed E-state index contributed by atoms with van der Waals surface area (Å²) in [4.78, 5) is 6.26. The maximum Gasteiger partial charge on any atom is 0.435 e. The Morgan fingerprint density at radius 3 is 2.81 bits per heavy atom. The van der Waals surface area contributed by atoms with E-state index in [1.807, 2.05) is 11.0 Å². The normalized spacial score (nSPS) is 18.1. The molecule has 0 spiro atoms. The molecule has 0 radical (unpaired) electrons. The number of halogens is 4. The van der Waals surface area contributed by atoms with Crippen molar-refractivity contribution in [2.45, 2.75) is 25.1 Å². The molecule has 1 aliphatic rings. The van der Waals surface area contributed by atoms with E-state index >= 15 is 0 Å². The number of nitrogens with zero attached hydrogens (tertiary/aromatic N) is 5. The SMILES string of the molecule is FC(F)(F)c1ccn(C2CCCN(c3nc(-c4cccc(Cl)c4)no3)C2)n1. The highest BCUT2D eigenvalue weighted by molar-refractivity contribution is 6.30. The van der Waals surface area contributed by atoms with Gasteiger partial charge in [-0.15, -0.1) is 0 Å². The lowest BCUT2D eigenvalue weighted by molar-refractivity contribution is -0.141.